The number of anilines is 1. The zero-order valence-electron chi connectivity index (χ0n) is 17.5. The molecule has 0 spiro atoms. The number of piperazine rings is 1. The maximum Gasteiger partial charge on any atom is 0.225 e. The van der Waals surface area contributed by atoms with Gasteiger partial charge in [0.05, 0.1) is 5.69 Å². The van der Waals surface area contributed by atoms with E-state index in [1.165, 1.54) is 11.1 Å². The van der Waals surface area contributed by atoms with Gasteiger partial charge in [0.25, 0.3) is 0 Å². The third-order valence-corrected chi connectivity index (χ3v) is 6.08. The minimum absolute atomic E-state index is 0.799. The number of benzene rings is 1. The fraction of sp³-hybridized carbons (Fsp3) is 0.364. The van der Waals surface area contributed by atoms with Gasteiger partial charge in [0, 0.05) is 69.5 Å². The third-order valence-electron chi connectivity index (χ3n) is 5.14. The summed E-state index contributed by atoms with van der Waals surface area (Å²) >= 11 is 1.70. The van der Waals surface area contributed by atoms with E-state index in [1.807, 2.05) is 13.1 Å². The van der Waals surface area contributed by atoms with Crippen molar-refractivity contribution in [3.05, 3.63) is 59.4 Å². The molecule has 0 bridgehead atoms. The van der Waals surface area contributed by atoms with Crippen LogP contribution in [0.3, 0.4) is 0 Å². The number of hydrogen-bond acceptors (Lipinski definition) is 6. The first-order valence-corrected chi connectivity index (χ1v) is 11.1. The summed E-state index contributed by atoms with van der Waals surface area (Å²) in [4.78, 5) is 22.5. The lowest BCUT2D eigenvalue weighted by Crippen LogP contribution is -2.53. The van der Waals surface area contributed by atoms with E-state index in [9.17, 15) is 0 Å². The van der Waals surface area contributed by atoms with E-state index >= 15 is 0 Å². The topological polar surface area (TPSA) is 69.5 Å². The van der Waals surface area contributed by atoms with Crippen LogP contribution in [0.4, 0.5) is 5.95 Å². The van der Waals surface area contributed by atoms with Crippen molar-refractivity contribution in [3.63, 3.8) is 0 Å². The Hall–Kier alpha value is -3.00. The number of nitrogens with one attached hydrogen (secondary N) is 1. The Balaban J connectivity index is 1.26. The molecule has 3 aromatic rings. The highest BCUT2D eigenvalue weighted by Gasteiger charge is 2.21. The van der Waals surface area contributed by atoms with Crippen molar-refractivity contribution in [2.45, 2.75) is 13.3 Å². The van der Waals surface area contributed by atoms with Gasteiger partial charge >= 0.3 is 0 Å². The van der Waals surface area contributed by atoms with Gasteiger partial charge in [-0.15, -0.1) is 11.3 Å². The molecule has 7 nitrogen and oxygen atoms in total. The molecule has 8 heteroatoms. The van der Waals surface area contributed by atoms with E-state index in [2.05, 4.69) is 66.6 Å². The molecule has 0 aliphatic carbocycles. The van der Waals surface area contributed by atoms with Crippen molar-refractivity contribution < 1.29 is 0 Å². The lowest BCUT2D eigenvalue weighted by atomic mass is 10.2. The Morgan fingerprint density at radius 2 is 1.83 bits per heavy atom. The fourth-order valence-electron chi connectivity index (χ4n) is 3.46. The van der Waals surface area contributed by atoms with Gasteiger partial charge in [-0.25, -0.2) is 15.0 Å². The van der Waals surface area contributed by atoms with Crippen LogP contribution >= 0.6 is 11.3 Å². The molecule has 0 saturated carbocycles. The normalized spacial score (nSPS) is 14.8. The lowest BCUT2D eigenvalue weighted by molar-refractivity contribution is 0.370. The van der Waals surface area contributed by atoms with Crippen molar-refractivity contribution in [1.82, 2.24) is 25.2 Å². The van der Waals surface area contributed by atoms with Crippen LogP contribution < -0.4 is 10.2 Å². The zero-order valence-corrected chi connectivity index (χ0v) is 18.3. The molecule has 1 N–H and O–H groups in total. The molecule has 0 atom stereocenters. The number of aromatic nitrogens is 3. The van der Waals surface area contributed by atoms with Crippen LogP contribution in [0.2, 0.25) is 0 Å². The Kier molecular flexibility index (Phi) is 6.53. The molecule has 1 fully saturated rings. The molecular weight excluding hydrogens is 394 g/mol. The first-order valence-electron chi connectivity index (χ1n) is 10.2. The van der Waals surface area contributed by atoms with Crippen LogP contribution in [0.5, 0.6) is 0 Å². The van der Waals surface area contributed by atoms with Crippen LogP contribution in [0.15, 0.2) is 53.1 Å². The van der Waals surface area contributed by atoms with Crippen molar-refractivity contribution in [2.75, 3.05) is 44.7 Å². The van der Waals surface area contributed by atoms with E-state index in [1.54, 1.807) is 23.7 Å². The summed E-state index contributed by atoms with van der Waals surface area (Å²) in [6.45, 7) is 6.47. The quantitative estimate of drug-likeness (QED) is 0.505. The molecule has 3 heterocycles. The summed E-state index contributed by atoms with van der Waals surface area (Å²) < 4.78 is 0. The Morgan fingerprint density at radius 1 is 1.10 bits per heavy atom. The van der Waals surface area contributed by atoms with Crippen molar-refractivity contribution in [1.29, 1.82) is 0 Å². The number of rotatable bonds is 5. The van der Waals surface area contributed by atoms with Gasteiger partial charge in [-0.2, -0.15) is 0 Å². The second-order valence-electron chi connectivity index (χ2n) is 7.26. The van der Waals surface area contributed by atoms with Crippen molar-refractivity contribution in [3.8, 4) is 10.6 Å². The predicted octanol–water partition coefficient (Wildman–Crippen LogP) is 2.85. The number of nitrogens with zero attached hydrogens (tertiary/aromatic N) is 6. The van der Waals surface area contributed by atoms with Crippen molar-refractivity contribution >= 4 is 23.2 Å². The minimum atomic E-state index is 0.799. The van der Waals surface area contributed by atoms with Crippen LogP contribution in [0.25, 0.3) is 10.6 Å². The highest BCUT2D eigenvalue weighted by Crippen LogP contribution is 2.24. The van der Waals surface area contributed by atoms with E-state index in [0.29, 0.717) is 0 Å². The van der Waals surface area contributed by atoms with Gasteiger partial charge in [0.2, 0.25) is 5.95 Å². The molecule has 0 amide bonds. The highest BCUT2D eigenvalue weighted by molar-refractivity contribution is 7.13. The molecule has 1 aliphatic heterocycles. The SMILES string of the molecule is CN=C(NCCc1csc(-c2ccc(C)cc2)n1)N1CCN(c2ncccn2)CC1. The van der Waals surface area contributed by atoms with Crippen LogP contribution in [-0.2, 0) is 6.42 Å². The van der Waals surface area contributed by atoms with Crippen molar-refractivity contribution in [2.24, 2.45) is 4.99 Å². The van der Waals surface area contributed by atoms with Crippen LogP contribution in [0.1, 0.15) is 11.3 Å². The average molecular weight is 422 g/mol. The van der Waals surface area contributed by atoms with E-state index in [-0.39, 0.29) is 0 Å². The summed E-state index contributed by atoms with van der Waals surface area (Å²) in [6, 6.07) is 10.4. The Morgan fingerprint density at radius 3 is 2.53 bits per heavy atom. The van der Waals surface area contributed by atoms with Gasteiger partial charge in [-0.3, -0.25) is 4.99 Å². The van der Waals surface area contributed by atoms with Crippen LogP contribution in [-0.4, -0.2) is 65.6 Å². The number of aliphatic imine (C=N–C) groups is 1. The van der Waals surface area contributed by atoms with E-state index in [0.717, 1.165) is 61.8 Å². The molecule has 0 radical (unpaired) electrons. The smallest absolute Gasteiger partial charge is 0.225 e. The summed E-state index contributed by atoms with van der Waals surface area (Å²) in [5.74, 6) is 1.74. The van der Waals surface area contributed by atoms with Gasteiger partial charge < -0.3 is 15.1 Å². The Labute approximate surface area is 181 Å². The minimum Gasteiger partial charge on any atom is -0.356 e. The molecule has 2 aromatic heterocycles. The van der Waals surface area contributed by atoms with Gasteiger partial charge in [-0.05, 0) is 13.0 Å². The third kappa shape index (κ3) is 4.94. The molecule has 4 rings (SSSR count). The number of thiazole rings is 1. The van der Waals surface area contributed by atoms with E-state index in [4.69, 9.17) is 4.98 Å². The summed E-state index contributed by atoms with van der Waals surface area (Å²) in [5.41, 5.74) is 3.56. The lowest BCUT2D eigenvalue weighted by Gasteiger charge is -2.36. The first-order chi connectivity index (χ1) is 14.7. The van der Waals surface area contributed by atoms with Gasteiger partial charge in [0.15, 0.2) is 5.96 Å². The molecule has 1 aromatic carbocycles. The standard InChI is InChI=1S/C22H27N7S/c1-17-4-6-18(7-5-17)20-27-19(16-30-20)8-11-26-21(23-2)28-12-14-29(15-13-28)22-24-9-3-10-25-22/h3-7,9-10,16H,8,11-15H2,1-2H3,(H,23,26). The van der Waals surface area contributed by atoms with Gasteiger partial charge in [-0.1, -0.05) is 29.8 Å². The second-order valence-corrected chi connectivity index (χ2v) is 8.12. The second kappa shape index (κ2) is 9.67. The maximum atomic E-state index is 4.79. The molecule has 156 valence electrons. The fourth-order valence-corrected chi connectivity index (χ4v) is 4.32. The highest BCUT2D eigenvalue weighted by atomic mass is 32.1. The zero-order chi connectivity index (χ0) is 20.8. The summed E-state index contributed by atoms with van der Waals surface area (Å²) in [6.07, 6.45) is 4.45. The first kappa shape index (κ1) is 20.3. The van der Waals surface area contributed by atoms with Crippen LogP contribution in [0, 0.1) is 6.92 Å². The maximum absolute atomic E-state index is 4.79. The van der Waals surface area contributed by atoms with Gasteiger partial charge in [0.1, 0.15) is 5.01 Å². The molecular formula is C22H27N7S. The monoisotopic (exact) mass is 421 g/mol. The largest absolute Gasteiger partial charge is 0.356 e. The molecule has 1 saturated heterocycles. The molecule has 30 heavy (non-hydrogen) atoms. The Bertz CT molecular complexity index is 961. The summed E-state index contributed by atoms with van der Waals surface area (Å²) in [7, 11) is 1.84. The number of guanidine groups is 1. The molecule has 0 unspecified atom stereocenters. The van der Waals surface area contributed by atoms with E-state index < -0.39 is 0 Å². The number of aryl methyl sites for hydroxylation is 1. The molecule has 1 aliphatic rings. The number of hydrogen-bond donors (Lipinski definition) is 1. The summed E-state index contributed by atoms with van der Waals surface area (Å²) in [5, 5.41) is 6.72. The average Bonchev–Trinajstić information content (AvgIpc) is 3.27. The predicted molar refractivity (Wildman–Crippen MR) is 123 cm³/mol.